The summed E-state index contributed by atoms with van der Waals surface area (Å²) in [6, 6.07) is 7.83. The molecule has 1 unspecified atom stereocenters. The third-order valence-corrected chi connectivity index (χ3v) is 5.89. The standard InChI is InChI=1S/C19H28N4O4S/c1-26-10-8-19(22-28(3,24)25)7-9-23(14-19)13-16-12-20-21-18(16)15-5-4-6-17(11-15)27-2/h4-6,11-12,22H,7-10,13-14H2,1-3H3,(H,20,21). The van der Waals surface area contributed by atoms with Gasteiger partial charge in [-0.3, -0.25) is 10.00 Å². The Morgan fingerprint density at radius 3 is 2.89 bits per heavy atom. The van der Waals surface area contributed by atoms with Crippen molar-refractivity contribution in [3.63, 3.8) is 0 Å². The molecule has 1 aromatic carbocycles. The molecule has 2 N–H and O–H groups in total. The molecule has 28 heavy (non-hydrogen) atoms. The summed E-state index contributed by atoms with van der Waals surface area (Å²) in [5, 5.41) is 7.29. The van der Waals surface area contributed by atoms with E-state index in [-0.39, 0.29) is 0 Å². The van der Waals surface area contributed by atoms with E-state index in [9.17, 15) is 8.42 Å². The molecule has 1 fully saturated rings. The molecule has 0 spiro atoms. The molecule has 3 rings (SSSR count). The highest BCUT2D eigenvalue weighted by Crippen LogP contribution is 2.30. The summed E-state index contributed by atoms with van der Waals surface area (Å²) >= 11 is 0. The molecule has 1 aliphatic rings. The summed E-state index contributed by atoms with van der Waals surface area (Å²) in [4.78, 5) is 2.25. The third kappa shape index (κ3) is 5.11. The van der Waals surface area contributed by atoms with Gasteiger partial charge in [0.15, 0.2) is 0 Å². The van der Waals surface area contributed by atoms with Crippen LogP contribution < -0.4 is 9.46 Å². The van der Waals surface area contributed by atoms with E-state index in [1.807, 2.05) is 30.5 Å². The number of nitrogens with one attached hydrogen (secondary N) is 2. The van der Waals surface area contributed by atoms with E-state index in [1.165, 1.54) is 6.26 Å². The Hall–Kier alpha value is -1.94. The average molecular weight is 409 g/mol. The lowest BCUT2D eigenvalue weighted by Gasteiger charge is -2.29. The fourth-order valence-corrected chi connectivity index (χ4v) is 4.88. The number of benzene rings is 1. The summed E-state index contributed by atoms with van der Waals surface area (Å²) < 4.78 is 37.1. The van der Waals surface area contributed by atoms with E-state index < -0.39 is 15.6 Å². The van der Waals surface area contributed by atoms with Gasteiger partial charge in [-0.05, 0) is 25.0 Å². The van der Waals surface area contributed by atoms with Crippen LogP contribution in [0, 0.1) is 0 Å². The van der Waals surface area contributed by atoms with Crippen LogP contribution in [0.4, 0.5) is 0 Å². The van der Waals surface area contributed by atoms with Crippen molar-refractivity contribution in [3.8, 4) is 17.0 Å². The fourth-order valence-electron chi connectivity index (χ4n) is 3.82. The second kappa shape index (κ2) is 8.60. The van der Waals surface area contributed by atoms with Crippen LogP contribution in [-0.4, -0.2) is 69.2 Å². The Morgan fingerprint density at radius 2 is 2.18 bits per heavy atom. The SMILES string of the molecule is COCCC1(NS(C)(=O)=O)CCN(Cc2cn[nH]c2-c2cccc(OC)c2)C1. The zero-order chi connectivity index (χ0) is 20.2. The predicted octanol–water partition coefficient (Wildman–Crippen LogP) is 1.62. The molecule has 9 heteroatoms. The number of aromatic amines is 1. The number of H-pyrrole nitrogens is 1. The Labute approximate surface area is 166 Å². The second-order valence-corrected chi connectivity index (χ2v) is 9.11. The van der Waals surface area contributed by atoms with Gasteiger partial charge in [0.2, 0.25) is 10.0 Å². The van der Waals surface area contributed by atoms with Crippen LogP contribution in [0.1, 0.15) is 18.4 Å². The normalized spacial score (nSPS) is 20.5. The van der Waals surface area contributed by atoms with Gasteiger partial charge >= 0.3 is 0 Å². The van der Waals surface area contributed by atoms with Crippen molar-refractivity contribution in [1.82, 2.24) is 19.8 Å². The van der Waals surface area contributed by atoms with Crippen molar-refractivity contribution in [2.45, 2.75) is 24.9 Å². The van der Waals surface area contributed by atoms with E-state index in [0.29, 0.717) is 26.1 Å². The highest BCUT2D eigenvalue weighted by Gasteiger charge is 2.40. The number of nitrogens with zero attached hydrogens (tertiary/aromatic N) is 2. The van der Waals surface area contributed by atoms with Gasteiger partial charge in [0, 0.05) is 50.0 Å². The minimum Gasteiger partial charge on any atom is -0.497 e. The lowest BCUT2D eigenvalue weighted by atomic mass is 9.96. The average Bonchev–Trinajstić information content (AvgIpc) is 3.26. The molecule has 2 heterocycles. The quantitative estimate of drug-likeness (QED) is 0.654. The van der Waals surface area contributed by atoms with Gasteiger partial charge in [0.25, 0.3) is 0 Å². The van der Waals surface area contributed by atoms with Gasteiger partial charge in [-0.2, -0.15) is 5.10 Å². The maximum absolute atomic E-state index is 11.9. The highest BCUT2D eigenvalue weighted by molar-refractivity contribution is 7.88. The number of aromatic nitrogens is 2. The van der Waals surface area contributed by atoms with Gasteiger partial charge in [-0.1, -0.05) is 12.1 Å². The Bertz CT molecular complexity index is 899. The first-order valence-corrected chi connectivity index (χ1v) is 11.1. The molecule has 154 valence electrons. The molecule has 0 amide bonds. The van der Waals surface area contributed by atoms with Crippen LogP contribution in [0.5, 0.6) is 5.75 Å². The summed E-state index contributed by atoms with van der Waals surface area (Å²) in [5.74, 6) is 0.787. The fraction of sp³-hybridized carbons (Fsp3) is 0.526. The molecular formula is C19H28N4O4S. The summed E-state index contributed by atoms with van der Waals surface area (Å²) in [6.07, 6.45) is 4.42. The number of hydrogen-bond donors (Lipinski definition) is 2. The lowest BCUT2D eigenvalue weighted by molar-refractivity contribution is 0.161. The van der Waals surface area contributed by atoms with Crippen LogP contribution in [-0.2, 0) is 21.3 Å². The maximum Gasteiger partial charge on any atom is 0.209 e. The Kier molecular flexibility index (Phi) is 6.39. The van der Waals surface area contributed by atoms with Crippen LogP contribution in [0.3, 0.4) is 0 Å². The first kappa shape index (κ1) is 20.8. The molecule has 1 aromatic heterocycles. The number of ether oxygens (including phenoxy) is 2. The molecule has 0 aliphatic carbocycles. The van der Waals surface area contributed by atoms with Crippen molar-refractivity contribution in [2.75, 3.05) is 40.2 Å². The third-order valence-electron chi connectivity index (χ3n) is 5.09. The summed E-state index contributed by atoms with van der Waals surface area (Å²) in [7, 11) is -0.0292. The number of sulfonamides is 1. The van der Waals surface area contributed by atoms with Crippen LogP contribution in [0.15, 0.2) is 30.5 Å². The molecule has 0 radical (unpaired) electrons. The van der Waals surface area contributed by atoms with Crippen LogP contribution in [0.2, 0.25) is 0 Å². The van der Waals surface area contributed by atoms with Gasteiger partial charge in [0.1, 0.15) is 5.75 Å². The predicted molar refractivity (Wildman–Crippen MR) is 108 cm³/mol. The first-order valence-electron chi connectivity index (χ1n) is 9.21. The monoisotopic (exact) mass is 408 g/mol. The maximum atomic E-state index is 11.9. The smallest absolute Gasteiger partial charge is 0.209 e. The molecule has 1 atom stereocenters. The minimum absolute atomic E-state index is 0.497. The minimum atomic E-state index is -3.31. The zero-order valence-corrected chi connectivity index (χ0v) is 17.4. The van der Waals surface area contributed by atoms with Crippen molar-refractivity contribution in [2.24, 2.45) is 0 Å². The summed E-state index contributed by atoms with van der Waals surface area (Å²) in [5.41, 5.74) is 2.52. The molecule has 2 aromatic rings. The molecule has 1 saturated heterocycles. The van der Waals surface area contributed by atoms with Crippen molar-refractivity contribution in [3.05, 3.63) is 36.0 Å². The highest BCUT2D eigenvalue weighted by atomic mass is 32.2. The van der Waals surface area contributed by atoms with Crippen LogP contribution >= 0.6 is 0 Å². The van der Waals surface area contributed by atoms with E-state index in [4.69, 9.17) is 9.47 Å². The Morgan fingerprint density at radius 1 is 1.36 bits per heavy atom. The Balaban J connectivity index is 1.75. The van der Waals surface area contributed by atoms with Crippen molar-refractivity contribution in [1.29, 1.82) is 0 Å². The lowest BCUT2D eigenvalue weighted by Crippen LogP contribution is -2.50. The first-order chi connectivity index (χ1) is 13.3. The van der Waals surface area contributed by atoms with Crippen LogP contribution in [0.25, 0.3) is 11.3 Å². The van der Waals surface area contributed by atoms with E-state index in [0.717, 1.165) is 35.5 Å². The van der Waals surface area contributed by atoms with Crippen molar-refractivity contribution >= 4 is 10.0 Å². The van der Waals surface area contributed by atoms with Gasteiger partial charge in [-0.15, -0.1) is 0 Å². The van der Waals surface area contributed by atoms with E-state index in [1.54, 1.807) is 14.2 Å². The number of hydrogen-bond acceptors (Lipinski definition) is 6. The molecular weight excluding hydrogens is 380 g/mol. The molecule has 0 saturated carbocycles. The summed E-state index contributed by atoms with van der Waals surface area (Å²) in [6.45, 7) is 2.63. The van der Waals surface area contributed by atoms with Gasteiger partial charge < -0.3 is 9.47 Å². The second-order valence-electron chi connectivity index (χ2n) is 7.36. The van der Waals surface area contributed by atoms with E-state index in [2.05, 4.69) is 19.8 Å². The zero-order valence-electron chi connectivity index (χ0n) is 16.6. The van der Waals surface area contributed by atoms with Gasteiger partial charge in [0.05, 0.1) is 25.3 Å². The number of rotatable bonds is 9. The largest absolute Gasteiger partial charge is 0.497 e. The van der Waals surface area contributed by atoms with Gasteiger partial charge in [-0.25, -0.2) is 13.1 Å². The number of methoxy groups -OCH3 is 2. The molecule has 0 bridgehead atoms. The number of likely N-dealkylation sites (tertiary alicyclic amines) is 1. The topological polar surface area (TPSA) is 96.5 Å². The molecule has 8 nitrogen and oxygen atoms in total. The molecule has 1 aliphatic heterocycles. The van der Waals surface area contributed by atoms with Crippen molar-refractivity contribution < 1.29 is 17.9 Å². The van der Waals surface area contributed by atoms with E-state index >= 15 is 0 Å².